The van der Waals surface area contributed by atoms with E-state index in [0.717, 1.165) is 11.6 Å². The van der Waals surface area contributed by atoms with Gasteiger partial charge in [-0.1, -0.05) is 42.5 Å². The van der Waals surface area contributed by atoms with Crippen LogP contribution in [0, 0.1) is 0 Å². The normalized spacial score (nSPS) is 12.9. The molecule has 0 heterocycles. The molecule has 0 saturated carbocycles. The Morgan fingerprint density at radius 3 is 2.27 bits per heavy atom. The number of benzene rings is 2. The standard InChI is InChI=1S/C17H18F3NO/c1-21-12-11-15(13-7-3-2-4-8-13)22-16-10-6-5-9-14(16)17(18,19)20/h2-10,15,21H,11-12H2,1H3. The van der Waals surface area contributed by atoms with Crippen molar-refractivity contribution < 1.29 is 17.9 Å². The number of hydrogen-bond donors (Lipinski definition) is 1. The van der Waals surface area contributed by atoms with Crippen molar-refractivity contribution in [2.24, 2.45) is 0 Å². The van der Waals surface area contributed by atoms with Crippen LogP contribution in [0.2, 0.25) is 0 Å². The Hall–Kier alpha value is -2.01. The summed E-state index contributed by atoms with van der Waals surface area (Å²) in [6.07, 6.45) is -4.29. The Balaban J connectivity index is 2.28. The molecule has 1 unspecified atom stereocenters. The van der Waals surface area contributed by atoms with Crippen LogP contribution < -0.4 is 10.1 Å². The predicted octanol–water partition coefficient (Wildman–Crippen LogP) is 4.44. The molecule has 118 valence electrons. The molecule has 0 radical (unpaired) electrons. The summed E-state index contributed by atoms with van der Waals surface area (Å²) >= 11 is 0. The fraction of sp³-hybridized carbons (Fsp3) is 0.294. The minimum absolute atomic E-state index is 0.139. The number of alkyl halides is 3. The summed E-state index contributed by atoms with van der Waals surface area (Å²) in [4.78, 5) is 0. The summed E-state index contributed by atoms with van der Waals surface area (Å²) in [5.41, 5.74) is 0.107. The fourth-order valence-corrected chi connectivity index (χ4v) is 2.19. The van der Waals surface area contributed by atoms with E-state index >= 15 is 0 Å². The highest BCUT2D eigenvalue weighted by Gasteiger charge is 2.34. The fourth-order valence-electron chi connectivity index (χ4n) is 2.19. The van der Waals surface area contributed by atoms with Crippen molar-refractivity contribution in [3.05, 3.63) is 65.7 Å². The molecule has 0 bridgehead atoms. The number of nitrogens with one attached hydrogen (secondary N) is 1. The molecule has 2 aromatic carbocycles. The van der Waals surface area contributed by atoms with Crippen molar-refractivity contribution in [2.75, 3.05) is 13.6 Å². The molecular formula is C17H18F3NO. The van der Waals surface area contributed by atoms with Crippen LogP contribution in [0.1, 0.15) is 23.7 Å². The summed E-state index contributed by atoms with van der Waals surface area (Å²) in [5, 5.41) is 3.00. The molecule has 1 atom stereocenters. The summed E-state index contributed by atoms with van der Waals surface area (Å²) < 4.78 is 44.9. The van der Waals surface area contributed by atoms with Gasteiger partial charge in [0.25, 0.3) is 0 Å². The minimum atomic E-state index is -4.43. The molecule has 2 nitrogen and oxygen atoms in total. The third-order valence-electron chi connectivity index (χ3n) is 3.29. The highest BCUT2D eigenvalue weighted by atomic mass is 19.4. The molecule has 5 heteroatoms. The molecule has 22 heavy (non-hydrogen) atoms. The molecule has 0 saturated heterocycles. The van der Waals surface area contributed by atoms with E-state index in [4.69, 9.17) is 4.74 Å². The van der Waals surface area contributed by atoms with Gasteiger partial charge in [-0.2, -0.15) is 13.2 Å². The van der Waals surface area contributed by atoms with Crippen LogP contribution in [0.5, 0.6) is 5.75 Å². The molecule has 0 amide bonds. The van der Waals surface area contributed by atoms with Crippen molar-refractivity contribution in [3.63, 3.8) is 0 Å². The second-order valence-electron chi connectivity index (χ2n) is 4.90. The first-order valence-corrected chi connectivity index (χ1v) is 7.05. The molecule has 0 aliphatic carbocycles. The second-order valence-corrected chi connectivity index (χ2v) is 4.90. The predicted molar refractivity (Wildman–Crippen MR) is 79.8 cm³/mol. The van der Waals surface area contributed by atoms with Crippen LogP contribution >= 0.6 is 0 Å². The number of ether oxygens (including phenoxy) is 1. The van der Waals surface area contributed by atoms with Gasteiger partial charge in [0, 0.05) is 6.42 Å². The van der Waals surface area contributed by atoms with E-state index in [1.807, 2.05) is 30.3 Å². The van der Waals surface area contributed by atoms with Gasteiger partial charge >= 0.3 is 6.18 Å². The van der Waals surface area contributed by atoms with E-state index in [2.05, 4.69) is 5.32 Å². The van der Waals surface area contributed by atoms with Crippen molar-refractivity contribution in [1.29, 1.82) is 0 Å². The smallest absolute Gasteiger partial charge is 0.419 e. The quantitative estimate of drug-likeness (QED) is 0.852. The molecule has 0 aromatic heterocycles. The maximum Gasteiger partial charge on any atom is 0.419 e. The number of hydrogen-bond acceptors (Lipinski definition) is 2. The van der Waals surface area contributed by atoms with Crippen LogP contribution in [0.25, 0.3) is 0 Å². The maximum absolute atomic E-state index is 13.1. The van der Waals surface area contributed by atoms with Crippen LogP contribution in [0.4, 0.5) is 13.2 Å². The highest BCUT2D eigenvalue weighted by Crippen LogP contribution is 2.38. The second kappa shape index (κ2) is 7.31. The van der Waals surface area contributed by atoms with Crippen LogP contribution in [-0.2, 0) is 6.18 Å². The zero-order chi connectivity index (χ0) is 16.0. The maximum atomic E-state index is 13.1. The average molecular weight is 309 g/mol. The van der Waals surface area contributed by atoms with Gasteiger partial charge in [0.1, 0.15) is 11.9 Å². The van der Waals surface area contributed by atoms with E-state index in [9.17, 15) is 13.2 Å². The zero-order valence-corrected chi connectivity index (χ0v) is 12.2. The first-order valence-electron chi connectivity index (χ1n) is 7.05. The molecule has 2 rings (SSSR count). The first-order chi connectivity index (χ1) is 10.5. The van der Waals surface area contributed by atoms with E-state index < -0.39 is 17.8 Å². The lowest BCUT2D eigenvalue weighted by atomic mass is 10.1. The molecule has 0 spiro atoms. The van der Waals surface area contributed by atoms with Gasteiger partial charge in [0.2, 0.25) is 0 Å². The summed E-state index contributed by atoms with van der Waals surface area (Å²) in [6.45, 7) is 0.647. The van der Waals surface area contributed by atoms with Gasteiger partial charge in [0.15, 0.2) is 0 Å². The molecule has 2 aromatic rings. The Morgan fingerprint density at radius 2 is 1.64 bits per heavy atom. The molecular weight excluding hydrogens is 291 g/mol. The lowest BCUT2D eigenvalue weighted by Gasteiger charge is -2.22. The van der Waals surface area contributed by atoms with Crippen molar-refractivity contribution in [1.82, 2.24) is 5.32 Å². The van der Waals surface area contributed by atoms with E-state index in [1.54, 1.807) is 13.1 Å². The first kappa shape index (κ1) is 16.4. The van der Waals surface area contributed by atoms with Gasteiger partial charge in [-0.05, 0) is 31.3 Å². The van der Waals surface area contributed by atoms with E-state index in [1.165, 1.54) is 12.1 Å². The van der Waals surface area contributed by atoms with E-state index in [0.29, 0.717) is 13.0 Å². The van der Waals surface area contributed by atoms with Gasteiger partial charge in [-0.3, -0.25) is 0 Å². The summed E-state index contributed by atoms with van der Waals surface area (Å²) in [6, 6.07) is 14.6. The highest BCUT2D eigenvalue weighted by molar-refractivity contribution is 5.36. The van der Waals surface area contributed by atoms with E-state index in [-0.39, 0.29) is 5.75 Å². The molecule has 0 aliphatic rings. The van der Waals surface area contributed by atoms with Crippen molar-refractivity contribution in [3.8, 4) is 5.75 Å². The van der Waals surface area contributed by atoms with Gasteiger partial charge in [-0.25, -0.2) is 0 Å². The monoisotopic (exact) mass is 309 g/mol. The topological polar surface area (TPSA) is 21.3 Å². The largest absolute Gasteiger partial charge is 0.485 e. The van der Waals surface area contributed by atoms with Crippen LogP contribution in [0.15, 0.2) is 54.6 Å². The van der Waals surface area contributed by atoms with Crippen LogP contribution in [-0.4, -0.2) is 13.6 Å². The number of halogens is 3. The Bertz CT molecular complexity index is 584. The van der Waals surface area contributed by atoms with Gasteiger partial charge in [0.05, 0.1) is 5.56 Å². The Labute approximate surface area is 127 Å². The molecule has 0 fully saturated rings. The average Bonchev–Trinajstić information content (AvgIpc) is 2.51. The number of para-hydroxylation sites is 1. The van der Waals surface area contributed by atoms with Gasteiger partial charge < -0.3 is 10.1 Å². The minimum Gasteiger partial charge on any atom is -0.485 e. The lowest BCUT2D eigenvalue weighted by molar-refractivity contribution is -0.139. The molecule has 0 aliphatic heterocycles. The summed E-state index contributed by atoms with van der Waals surface area (Å²) in [5.74, 6) is -0.139. The van der Waals surface area contributed by atoms with Gasteiger partial charge in [-0.15, -0.1) is 0 Å². The number of rotatable bonds is 6. The van der Waals surface area contributed by atoms with Crippen molar-refractivity contribution in [2.45, 2.75) is 18.7 Å². The van der Waals surface area contributed by atoms with Crippen LogP contribution in [0.3, 0.4) is 0 Å². The van der Waals surface area contributed by atoms with Crippen molar-refractivity contribution >= 4 is 0 Å². The third-order valence-corrected chi connectivity index (χ3v) is 3.29. The SMILES string of the molecule is CNCCC(Oc1ccccc1C(F)(F)F)c1ccccc1. The summed E-state index contributed by atoms with van der Waals surface area (Å²) in [7, 11) is 1.80. The third kappa shape index (κ3) is 4.24. The molecule has 1 N–H and O–H groups in total. The Morgan fingerprint density at radius 1 is 1.00 bits per heavy atom. The Kier molecular flexibility index (Phi) is 5.44. The lowest BCUT2D eigenvalue weighted by Crippen LogP contribution is -2.18. The zero-order valence-electron chi connectivity index (χ0n) is 12.2.